The summed E-state index contributed by atoms with van der Waals surface area (Å²) >= 11 is 1.60. The van der Waals surface area contributed by atoms with Gasteiger partial charge in [-0.2, -0.15) is 0 Å². The van der Waals surface area contributed by atoms with Gasteiger partial charge in [-0.3, -0.25) is 0 Å². The van der Waals surface area contributed by atoms with Crippen molar-refractivity contribution in [3.63, 3.8) is 0 Å². The molecule has 6 heteroatoms. The molecule has 0 spiro atoms. The van der Waals surface area contributed by atoms with Gasteiger partial charge >= 0.3 is 5.97 Å². The topological polar surface area (TPSA) is 75.1 Å². The zero-order valence-electron chi connectivity index (χ0n) is 13.6. The molecule has 0 bridgehead atoms. The molecule has 0 aliphatic rings. The lowest BCUT2D eigenvalue weighted by atomic mass is 10.1. The molecule has 3 rings (SSSR count). The van der Waals surface area contributed by atoms with Gasteiger partial charge in [-0.05, 0) is 18.6 Å². The highest BCUT2D eigenvalue weighted by molar-refractivity contribution is 7.18. The van der Waals surface area contributed by atoms with Crippen molar-refractivity contribution in [3.05, 3.63) is 52.7 Å². The maximum Gasteiger partial charge on any atom is 0.326 e. The highest BCUT2D eigenvalue weighted by atomic mass is 32.1. The number of aromatic nitrogens is 2. The standard InChI is InChI=1S/C18H19N3O2S/c1-3-15-20-16(13-9-11(2)24-17(13)21-15)19-14(18(22)23)10-12-7-5-4-6-8-12/h4-9,14H,3,10H2,1-2H3,(H,22,23)(H,19,20,21). The molecule has 2 heterocycles. The molecule has 24 heavy (non-hydrogen) atoms. The molecule has 0 aliphatic carbocycles. The fourth-order valence-corrected chi connectivity index (χ4v) is 3.47. The van der Waals surface area contributed by atoms with Gasteiger partial charge in [0.1, 0.15) is 22.5 Å². The molecule has 2 N–H and O–H groups in total. The summed E-state index contributed by atoms with van der Waals surface area (Å²) in [6.07, 6.45) is 1.10. The molecule has 0 radical (unpaired) electrons. The van der Waals surface area contributed by atoms with E-state index in [0.29, 0.717) is 18.7 Å². The van der Waals surface area contributed by atoms with Crippen LogP contribution in [0.3, 0.4) is 0 Å². The lowest BCUT2D eigenvalue weighted by Gasteiger charge is -2.16. The predicted molar refractivity (Wildman–Crippen MR) is 96.7 cm³/mol. The molecule has 5 nitrogen and oxygen atoms in total. The molecular weight excluding hydrogens is 322 g/mol. The number of hydrogen-bond acceptors (Lipinski definition) is 5. The number of carboxylic acid groups (broad SMARTS) is 1. The van der Waals surface area contributed by atoms with E-state index in [9.17, 15) is 9.90 Å². The summed E-state index contributed by atoms with van der Waals surface area (Å²) in [5, 5.41) is 13.6. The summed E-state index contributed by atoms with van der Waals surface area (Å²) in [6, 6.07) is 10.9. The van der Waals surface area contributed by atoms with Crippen LogP contribution in [0.4, 0.5) is 5.82 Å². The SMILES string of the molecule is CCc1nc(NC(Cc2ccccc2)C(=O)O)c2cc(C)sc2n1. The summed E-state index contributed by atoms with van der Waals surface area (Å²) in [6.45, 7) is 4.00. The molecule has 124 valence electrons. The molecule has 2 aromatic heterocycles. The van der Waals surface area contributed by atoms with Gasteiger partial charge in [-0.25, -0.2) is 14.8 Å². The van der Waals surface area contributed by atoms with E-state index in [2.05, 4.69) is 15.3 Å². The highest BCUT2D eigenvalue weighted by Crippen LogP contribution is 2.29. The van der Waals surface area contributed by atoms with Gasteiger partial charge in [0.05, 0.1) is 5.39 Å². The van der Waals surface area contributed by atoms with Crippen molar-refractivity contribution >= 4 is 33.3 Å². The third-order valence-electron chi connectivity index (χ3n) is 3.77. The zero-order chi connectivity index (χ0) is 17.1. The van der Waals surface area contributed by atoms with Crippen LogP contribution in [-0.2, 0) is 17.6 Å². The molecule has 0 aliphatic heterocycles. The number of thiophene rings is 1. The second-order valence-electron chi connectivity index (χ2n) is 5.64. The van der Waals surface area contributed by atoms with Gasteiger partial charge in [0, 0.05) is 17.7 Å². The Bertz CT molecular complexity index is 861. The Labute approximate surface area is 144 Å². The minimum absolute atomic E-state index is 0.395. The van der Waals surface area contributed by atoms with Crippen molar-refractivity contribution < 1.29 is 9.90 Å². The average molecular weight is 341 g/mol. The quantitative estimate of drug-likeness (QED) is 0.715. The van der Waals surface area contributed by atoms with Crippen molar-refractivity contribution in [1.29, 1.82) is 0 Å². The van der Waals surface area contributed by atoms with Crippen molar-refractivity contribution in [1.82, 2.24) is 9.97 Å². The van der Waals surface area contributed by atoms with Gasteiger partial charge in [-0.15, -0.1) is 11.3 Å². The van der Waals surface area contributed by atoms with Crippen LogP contribution in [0, 0.1) is 6.92 Å². The maximum atomic E-state index is 11.7. The lowest BCUT2D eigenvalue weighted by Crippen LogP contribution is -2.32. The average Bonchev–Trinajstić information content (AvgIpc) is 2.95. The van der Waals surface area contributed by atoms with Gasteiger partial charge < -0.3 is 10.4 Å². The van der Waals surface area contributed by atoms with E-state index in [1.807, 2.05) is 50.2 Å². The van der Waals surface area contributed by atoms with Gasteiger partial charge in [0.25, 0.3) is 0 Å². The molecule has 3 aromatic rings. The summed E-state index contributed by atoms with van der Waals surface area (Å²) in [5.41, 5.74) is 0.972. The van der Waals surface area contributed by atoms with E-state index in [0.717, 1.165) is 26.5 Å². The number of nitrogens with zero attached hydrogens (tertiary/aromatic N) is 2. The van der Waals surface area contributed by atoms with Crippen LogP contribution in [0.1, 0.15) is 23.2 Å². The van der Waals surface area contributed by atoms with Crippen LogP contribution < -0.4 is 5.32 Å². The summed E-state index contributed by atoms with van der Waals surface area (Å²) in [4.78, 5) is 22.8. The van der Waals surface area contributed by atoms with Gasteiger partial charge in [-0.1, -0.05) is 37.3 Å². The fourth-order valence-electron chi connectivity index (χ4n) is 2.57. The molecule has 0 saturated carbocycles. The minimum Gasteiger partial charge on any atom is -0.480 e. The van der Waals surface area contributed by atoms with Crippen LogP contribution in [-0.4, -0.2) is 27.1 Å². The van der Waals surface area contributed by atoms with Gasteiger partial charge in [0.15, 0.2) is 0 Å². The number of hydrogen-bond donors (Lipinski definition) is 2. The Hall–Kier alpha value is -2.47. The number of benzene rings is 1. The number of aryl methyl sites for hydroxylation is 2. The van der Waals surface area contributed by atoms with E-state index in [1.54, 1.807) is 11.3 Å². The molecule has 1 atom stereocenters. The van der Waals surface area contributed by atoms with E-state index < -0.39 is 12.0 Å². The van der Waals surface area contributed by atoms with Gasteiger partial charge in [0.2, 0.25) is 0 Å². The Morgan fingerprint density at radius 3 is 2.71 bits per heavy atom. The van der Waals surface area contributed by atoms with Crippen LogP contribution >= 0.6 is 11.3 Å². The maximum absolute atomic E-state index is 11.7. The number of carbonyl (C=O) groups is 1. The molecule has 0 fully saturated rings. The number of rotatable bonds is 6. The van der Waals surface area contributed by atoms with Crippen molar-refractivity contribution in [2.45, 2.75) is 32.7 Å². The van der Waals surface area contributed by atoms with Crippen molar-refractivity contribution in [2.75, 3.05) is 5.32 Å². The lowest BCUT2D eigenvalue weighted by molar-refractivity contribution is -0.137. The first-order valence-corrected chi connectivity index (χ1v) is 8.68. The second-order valence-corrected chi connectivity index (χ2v) is 6.88. The summed E-state index contributed by atoms with van der Waals surface area (Å²) < 4.78 is 0. The normalized spacial score (nSPS) is 12.2. The molecule has 0 saturated heterocycles. The number of carboxylic acids is 1. The first kappa shape index (κ1) is 16.4. The Morgan fingerprint density at radius 2 is 2.04 bits per heavy atom. The number of aliphatic carboxylic acids is 1. The first-order chi connectivity index (χ1) is 11.6. The van der Waals surface area contributed by atoms with E-state index in [-0.39, 0.29) is 0 Å². The summed E-state index contributed by atoms with van der Waals surface area (Å²) in [5.74, 6) is 0.427. The minimum atomic E-state index is -0.893. The molecular formula is C18H19N3O2S. The smallest absolute Gasteiger partial charge is 0.326 e. The van der Waals surface area contributed by atoms with Crippen LogP contribution in [0.2, 0.25) is 0 Å². The number of fused-ring (bicyclic) bond motifs is 1. The third kappa shape index (κ3) is 3.54. The predicted octanol–water partition coefficient (Wildman–Crippen LogP) is 3.67. The first-order valence-electron chi connectivity index (χ1n) is 7.87. The van der Waals surface area contributed by atoms with Crippen LogP contribution in [0.15, 0.2) is 36.4 Å². The number of anilines is 1. The second kappa shape index (κ2) is 6.97. The molecule has 0 amide bonds. The monoisotopic (exact) mass is 341 g/mol. The number of nitrogens with one attached hydrogen (secondary N) is 1. The Balaban J connectivity index is 1.94. The summed E-state index contributed by atoms with van der Waals surface area (Å²) in [7, 11) is 0. The Morgan fingerprint density at radius 1 is 1.29 bits per heavy atom. The zero-order valence-corrected chi connectivity index (χ0v) is 14.4. The van der Waals surface area contributed by atoms with Crippen LogP contribution in [0.5, 0.6) is 0 Å². The van der Waals surface area contributed by atoms with Crippen LogP contribution in [0.25, 0.3) is 10.2 Å². The van der Waals surface area contributed by atoms with E-state index >= 15 is 0 Å². The van der Waals surface area contributed by atoms with Crippen molar-refractivity contribution in [3.8, 4) is 0 Å². The molecule has 1 aromatic carbocycles. The highest BCUT2D eigenvalue weighted by Gasteiger charge is 2.20. The van der Waals surface area contributed by atoms with Crippen molar-refractivity contribution in [2.24, 2.45) is 0 Å². The van der Waals surface area contributed by atoms with E-state index in [4.69, 9.17) is 0 Å². The molecule has 1 unspecified atom stereocenters. The van der Waals surface area contributed by atoms with E-state index in [1.165, 1.54) is 0 Å². The Kier molecular flexibility index (Phi) is 4.76. The fraction of sp³-hybridized carbons (Fsp3) is 0.278. The largest absolute Gasteiger partial charge is 0.480 e. The third-order valence-corrected chi connectivity index (χ3v) is 4.71.